The summed E-state index contributed by atoms with van der Waals surface area (Å²) in [5.41, 5.74) is 11.8. The highest BCUT2D eigenvalue weighted by molar-refractivity contribution is 5.96. The monoisotopic (exact) mass is 504 g/mol. The molecule has 0 fully saturated rings. The summed E-state index contributed by atoms with van der Waals surface area (Å²) >= 11 is 0. The third kappa shape index (κ3) is 11.1. The van der Waals surface area contributed by atoms with Crippen LogP contribution in [-0.2, 0) is 24.0 Å². The zero-order valence-electron chi connectivity index (χ0n) is 20.3. The number of carboxylic acid groups (broad SMARTS) is 2. The first-order valence-electron chi connectivity index (χ1n) is 11.0. The van der Waals surface area contributed by atoms with Gasteiger partial charge in [0.2, 0.25) is 17.7 Å². The summed E-state index contributed by atoms with van der Waals surface area (Å²) in [6.45, 7) is 3.06. The number of hydrogen-bond acceptors (Lipinski definition) is 6. The summed E-state index contributed by atoms with van der Waals surface area (Å²) in [6.07, 6.45) is 2.10. The Kier molecular flexibility index (Phi) is 11.6. The largest absolute Gasteiger partial charge is 0.481 e. The number of amides is 3. The third-order valence-corrected chi connectivity index (χ3v) is 4.68. The third-order valence-electron chi connectivity index (χ3n) is 4.68. The van der Waals surface area contributed by atoms with Crippen LogP contribution in [0.25, 0.3) is 6.08 Å². The first-order valence-corrected chi connectivity index (χ1v) is 11.0. The lowest BCUT2D eigenvalue weighted by molar-refractivity contribution is -0.144. The van der Waals surface area contributed by atoms with Gasteiger partial charge in [-0.2, -0.15) is 0 Å². The summed E-state index contributed by atoms with van der Waals surface area (Å²) < 4.78 is 0. The van der Waals surface area contributed by atoms with Crippen molar-refractivity contribution in [3.05, 3.63) is 35.9 Å². The van der Waals surface area contributed by atoms with Crippen LogP contribution in [0.3, 0.4) is 0 Å². The van der Waals surface area contributed by atoms with Crippen molar-refractivity contribution < 1.29 is 34.2 Å². The van der Waals surface area contributed by atoms with Crippen LogP contribution in [0.1, 0.15) is 32.3 Å². The van der Waals surface area contributed by atoms with E-state index in [1.165, 1.54) is 19.2 Å². The predicted octanol–water partition coefficient (Wildman–Crippen LogP) is -0.362. The second-order valence-electron chi connectivity index (χ2n) is 8.40. The van der Waals surface area contributed by atoms with Gasteiger partial charge in [0.1, 0.15) is 12.1 Å². The molecule has 2 atom stereocenters. The van der Waals surface area contributed by atoms with E-state index >= 15 is 0 Å². The molecule has 0 radical (unpaired) electrons. The lowest BCUT2D eigenvalue weighted by atomic mass is 10.0. The fourth-order valence-corrected chi connectivity index (χ4v) is 2.99. The van der Waals surface area contributed by atoms with Crippen molar-refractivity contribution in [3.8, 4) is 0 Å². The highest BCUT2D eigenvalue weighted by Gasteiger charge is 2.29. The van der Waals surface area contributed by atoms with Gasteiger partial charge in [-0.05, 0) is 36.1 Å². The summed E-state index contributed by atoms with van der Waals surface area (Å²) in [4.78, 5) is 64.8. The molecule has 1 rings (SSSR count). The van der Waals surface area contributed by atoms with E-state index < -0.39 is 54.7 Å². The van der Waals surface area contributed by atoms with E-state index in [1.54, 1.807) is 38.1 Å². The molecule has 0 bridgehead atoms. The van der Waals surface area contributed by atoms with Crippen molar-refractivity contribution in [1.82, 2.24) is 15.5 Å². The number of nitrogens with two attached hydrogens (primary N) is 2. The van der Waals surface area contributed by atoms with Crippen LogP contribution in [-0.4, -0.2) is 76.4 Å². The number of benzene rings is 1. The number of likely N-dealkylation sites (N-methyl/N-ethyl adjacent to an activating group) is 1. The van der Waals surface area contributed by atoms with Crippen LogP contribution in [0.5, 0.6) is 0 Å². The summed E-state index contributed by atoms with van der Waals surface area (Å²) in [6, 6.07) is 3.88. The van der Waals surface area contributed by atoms with Gasteiger partial charge < -0.3 is 37.2 Å². The standard InChI is InChI=1S/C23H32N6O7/c1-13(2)10-17(22(35)36)28-21(34)16(11-20(32)33)27-18(30)12-29(3)19(31)9-6-14-4-7-15(8-5-14)26-23(24)25/h4-9,13,16-17H,10-12H2,1-3H3,(H,27,30)(H,28,34)(H,32,33)(H,35,36)(H4,24,25,26)/t16-,17-/m0/s1. The molecule has 1 aromatic carbocycles. The molecule has 36 heavy (non-hydrogen) atoms. The van der Waals surface area contributed by atoms with E-state index in [4.69, 9.17) is 16.6 Å². The fourth-order valence-electron chi connectivity index (χ4n) is 2.99. The molecule has 0 unspecified atom stereocenters. The maximum atomic E-state index is 12.5. The fraction of sp³-hybridized carbons (Fsp3) is 0.391. The topological polar surface area (TPSA) is 218 Å². The number of nitrogens with one attached hydrogen (secondary N) is 2. The Balaban J connectivity index is 2.77. The first kappa shape index (κ1) is 29.6. The Labute approximate surface area is 208 Å². The molecular formula is C23H32N6O7. The number of carboxylic acids is 2. The molecule has 0 aliphatic heterocycles. The van der Waals surface area contributed by atoms with Gasteiger partial charge in [0.15, 0.2) is 5.96 Å². The molecule has 0 aliphatic carbocycles. The second kappa shape index (κ2) is 14.1. The van der Waals surface area contributed by atoms with E-state index in [-0.39, 0.29) is 18.3 Å². The van der Waals surface area contributed by atoms with Gasteiger partial charge in [0.05, 0.1) is 18.7 Å². The van der Waals surface area contributed by atoms with Gasteiger partial charge >= 0.3 is 11.9 Å². The maximum absolute atomic E-state index is 12.5. The Morgan fingerprint density at radius 1 is 1.03 bits per heavy atom. The van der Waals surface area contributed by atoms with Crippen molar-refractivity contribution in [2.24, 2.45) is 22.4 Å². The lowest BCUT2D eigenvalue weighted by Gasteiger charge is -2.22. The molecule has 13 nitrogen and oxygen atoms in total. The van der Waals surface area contributed by atoms with Gasteiger partial charge in [-0.25, -0.2) is 9.79 Å². The number of carbonyl (C=O) groups is 5. The minimum Gasteiger partial charge on any atom is -0.481 e. The van der Waals surface area contributed by atoms with Crippen LogP contribution < -0.4 is 22.1 Å². The number of nitrogens with zero attached hydrogens (tertiary/aromatic N) is 2. The van der Waals surface area contributed by atoms with Crippen molar-refractivity contribution in [1.29, 1.82) is 0 Å². The molecule has 0 aromatic heterocycles. The molecule has 1 aromatic rings. The van der Waals surface area contributed by atoms with Crippen LogP contribution in [0, 0.1) is 5.92 Å². The zero-order chi connectivity index (χ0) is 27.4. The van der Waals surface area contributed by atoms with E-state index in [2.05, 4.69) is 15.6 Å². The van der Waals surface area contributed by atoms with E-state index in [0.29, 0.717) is 11.3 Å². The van der Waals surface area contributed by atoms with Crippen molar-refractivity contribution in [2.45, 2.75) is 38.8 Å². The molecule has 0 spiro atoms. The van der Waals surface area contributed by atoms with E-state index in [9.17, 15) is 29.1 Å². The summed E-state index contributed by atoms with van der Waals surface area (Å²) in [5.74, 6) is -5.06. The zero-order valence-corrected chi connectivity index (χ0v) is 20.3. The summed E-state index contributed by atoms with van der Waals surface area (Å²) in [7, 11) is 1.35. The quantitative estimate of drug-likeness (QED) is 0.117. The van der Waals surface area contributed by atoms with E-state index in [0.717, 1.165) is 4.90 Å². The molecule has 0 heterocycles. The van der Waals surface area contributed by atoms with Crippen LogP contribution in [0.4, 0.5) is 5.69 Å². The molecule has 196 valence electrons. The van der Waals surface area contributed by atoms with Gasteiger partial charge in [-0.15, -0.1) is 0 Å². The number of rotatable bonds is 13. The number of aliphatic carboxylic acids is 2. The Morgan fingerprint density at radius 2 is 1.64 bits per heavy atom. The lowest BCUT2D eigenvalue weighted by Crippen LogP contribution is -2.54. The smallest absolute Gasteiger partial charge is 0.326 e. The molecule has 0 aliphatic rings. The van der Waals surface area contributed by atoms with Crippen LogP contribution >= 0.6 is 0 Å². The van der Waals surface area contributed by atoms with Crippen molar-refractivity contribution in [2.75, 3.05) is 13.6 Å². The average Bonchev–Trinajstić information content (AvgIpc) is 2.76. The van der Waals surface area contributed by atoms with E-state index in [1.807, 2.05) is 0 Å². The number of guanidine groups is 1. The molecule has 3 amide bonds. The Hall–Kier alpha value is -4.42. The second-order valence-corrected chi connectivity index (χ2v) is 8.40. The normalized spacial score (nSPS) is 12.4. The van der Waals surface area contributed by atoms with Crippen LogP contribution in [0.2, 0.25) is 0 Å². The van der Waals surface area contributed by atoms with Gasteiger partial charge in [-0.1, -0.05) is 26.0 Å². The Morgan fingerprint density at radius 3 is 2.14 bits per heavy atom. The molecule has 0 saturated carbocycles. The van der Waals surface area contributed by atoms with Gasteiger partial charge in [0.25, 0.3) is 0 Å². The first-order chi connectivity index (χ1) is 16.8. The maximum Gasteiger partial charge on any atom is 0.326 e. The molecule has 8 N–H and O–H groups in total. The molecular weight excluding hydrogens is 472 g/mol. The minimum atomic E-state index is -1.52. The highest BCUT2D eigenvalue weighted by Crippen LogP contribution is 2.13. The van der Waals surface area contributed by atoms with Crippen molar-refractivity contribution >= 4 is 47.4 Å². The predicted molar refractivity (Wildman–Crippen MR) is 132 cm³/mol. The van der Waals surface area contributed by atoms with Crippen molar-refractivity contribution in [3.63, 3.8) is 0 Å². The SMILES string of the molecule is CC(C)C[C@H](NC(=O)[C@H](CC(=O)O)NC(=O)CN(C)C(=O)C=Cc1ccc(N=C(N)N)cc1)C(=O)O. The van der Waals surface area contributed by atoms with Crippen LogP contribution in [0.15, 0.2) is 35.3 Å². The number of carbonyl (C=O) groups excluding carboxylic acids is 3. The highest BCUT2D eigenvalue weighted by atomic mass is 16.4. The molecule has 0 saturated heterocycles. The summed E-state index contributed by atoms with van der Waals surface area (Å²) in [5, 5.41) is 22.9. The minimum absolute atomic E-state index is 0.0530. The molecule has 13 heteroatoms. The number of hydrogen-bond donors (Lipinski definition) is 6. The van der Waals surface area contributed by atoms with Gasteiger partial charge in [-0.3, -0.25) is 19.2 Å². The van der Waals surface area contributed by atoms with Gasteiger partial charge in [0, 0.05) is 13.1 Å². The Bertz CT molecular complexity index is 1020. The number of aliphatic imine (C=N–C) groups is 1. The average molecular weight is 505 g/mol.